The number of aliphatic hydroxyl groups is 3. The number of carbonyl (C=O) groups is 1. The van der Waals surface area contributed by atoms with Gasteiger partial charge in [0, 0.05) is 6.20 Å². The van der Waals surface area contributed by atoms with E-state index in [1.165, 1.54) is 4.68 Å². The molecule has 120 valence electrons. The van der Waals surface area contributed by atoms with Gasteiger partial charge in [0.25, 0.3) is 0 Å². The summed E-state index contributed by atoms with van der Waals surface area (Å²) in [6.45, 7) is -0.940. The molecule has 1 unspecified atom stereocenters. The molecule has 1 aromatic heterocycles. The lowest BCUT2D eigenvalue weighted by Gasteiger charge is -2.26. The minimum Gasteiger partial charge on any atom is -0.396 e. The highest BCUT2D eigenvalue weighted by atomic mass is 16.3. The Balaban J connectivity index is 2.63. The maximum Gasteiger partial charge on any atom is 0.234 e. The van der Waals surface area contributed by atoms with Gasteiger partial charge < -0.3 is 26.4 Å². The van der Waals surface area contributed by atoms with Crippen LogP contribution >= 0.6 is 0 Å². The van der Waals surface area contributed by atoms with Crippen molar-refractivity contribution in [1.82, 2.24) is 20.3 Å². The zero-order valence-electron chi connectivity index (χ0n) is 12.1. The number of carbonyl (C=O) groups excluding carboxylic acids is 1. The van der Waals surface area contributed by atoms with Gasteiger partial charge in [0.05, 0.1) is 43.5 Å². The molecule has 9 heteroatoms. The van der Waals surface area contributed by atoms with Crippen LogP contribution in [-0.4, -0.2) is 69.1 Å². The number of amides is 1. The normalized spacial score (nSPS) is 13.3. The van der Waals surface area contributed by atoms with E-state index in [2.05, 4.69) is 15.6 Å². The van der Waals surface area contributed by atoms with E-state index < -0.39 is 17.4 Å². The van der Waals surface area contributed by atoms with Crippen LogP contribution < -0.4 is 11.1 Å². The lowest BCUT2D eigenvalue weighted by Crippen LogP contribution is -2.39. The number of nitrogens with two attached hydrogens (primary N) is 1. The second kappa shape index (κ2) is 8.03. The number of likely N-dealkylation sites (N-methyl/N-ethyl adjacent to an activating group) is 1. The molecule has 0 aromatic carbocycles. The van der Waals surface area contributed by atoms with Gasteiger partial charge in [-0.3, -0.25) is 9.48 Å². The maximum atomic E-state index is 11.1. The zero-order chi connectivity index (χ0) is 15.9. The van der Waals surface area contributed by atoms with Crippen molar-refractivity contribution in [2.24, 2.45) is 11.1 Å². The molecule has 1 heterocycles. The van der Waals surface area contributed by atoms with E-state index in [0.29, 0.717) is 18.5 Å². The third-order valence-corrected chi connectivity index (χ3v) is 3.47. The Morgan fingerprint density at radius 1 is 1.43 bits per heavy atom. The standard InChI is InChI=1S/C12H23N5O4/c1-14-10(11(13)21)3-2-9-4-17(16-15-9)5-12(6-18,7-19)8-20/h4,10,14,18-20H,2-3,5-8H2,1H3,(H2,13,21). The molecule has 9 nitrogen and oxygen atoms in total. The van der Waals surface area contributed by atoms with Crippen molar-refractivity contribution >= 4 is 5.91 Å². The summed E-state index contributed by atoms with van der Waals surface area (Å²) < 4.78 is 1.46. The Bertz CT molecular complexity index is 438. The van der Waals surface area contributed by atoms with Crippen LogP contribution in [0.25, 0.3) is 0 Å². The van der Waals surface area contributed by atoms with Crippen LogP contribution in [0.3, 0.4) is 0 Å². The Kier molecular flexibility index (Phi) is 6.69. The largest absolute Gasteiger partial charge is 0.396 e. The van der Waals surface area contributed by atoms with Crippen LogP contribution in [0, 0.1) is 5.41 Å². The molecule has 0 fully saturated rings. The average molecular weight is 301 g/mol. The van der Waals surface area contributed by atoms with Crippen LogP contribution in [0.4, 0.5) is 0 Å². The highest BCUT2D eigenvalue weighted by Crippen LogP contribution is 2.17. The van der Waals surface area contributed by atoms with E-state index in [9.17, 15) is 20.1 Å². The highest BCUT2D eigenvalue weighted by molar-refractivity contribution is 5.79. The Morgan fingerprint density at radius 3 is 2.52 bits per heavy atom. The maximum absolute atomic E-state index is 11.1. The van der Waals surface area contributed by atoms with Gasteiger partial charge >= 0.3 is 0 Å². The molecule has 1 amide bonds. The van der Waals surface area contributed by atoms with E-state index in [4.69, 9.17) is 5.73 Å². The molecule has 0 aliphatic rings. The van der Waals surface area contributed by atoms with Crippen LogP contribution in [-0.2, 0) is 17.8 Å². The van der Waals surface area contributed by atoms with Crippen LogP contribution in [0.15, 0.2) is 6.20 Å². The number of aryl methyl sites for hydroxylation is 1. The molecule has 0 saturated heterocycles. The molecule has 1 atom stereocenters. The van der Waals surface area contributed by atoms with Crippen molar-refractivity contribution in [3.63, 3.8) is 0 Å². The third-order valence-electron chi connectivity index (χ3n) is 3.47. The molecule has 0 bridgehead atoms. The van der Waals surface area contributed by atoms with Crippen LogP contribution in [0.2, 0.25) is 0 Å². The second-order valence-electron chi connectivity index (χ2n) is 5.16. The Hall–Kier alpha value is -1.55. The number of nitrogens with zero attached hydrogens (tertiary/aromatic N) is 3. The minimum absolute atomic E-state index is 0.148. The molecule has 0 aliphatic heterocycles. The lowest BCUT2D eigenvalue weighted by atomic mass is 9.91. The highest BCUT2D eigenvalue weighted by Gasteiger charge is 2.29. The van der Waals surface area contributed by atoms with Gasteiger partial charge in [0.15, 0.2) is 0 Å². The number of aromatic nitrogens is 3. The van der Waals surface area contributed by atoms with E-state index in [0.717, 1.165) is 0 Å². The SMILES string of the molecule is CNC(CCc1cn(CC(CO)(CO)CO)nn1)C(N)=O. The van der Waals surface area contributed by atoms with Gasteiger partial charge in [-0.15, -0.1) is 5.10 Å². The molecular formula is C12H23N5O4. The summed E-state index contributed by atoms with van der Waals surface area (Å²) in [4.78, 5) is 11.1. The first-order valence-electron chi connectivity index (χ1n) is 6.68. The van der Waals surface area contributed by atoms with E-state index in [-0.39, 0.29) is 26.4 Å². The summed E-state index contributed by atoms with van der Waals surface area (Å²) in [6, 6.07) is -0.429. The third kappa shape index (κ3) is 4.74. The van der Waals surface area contributed by atoms with Gasteiger partial charge in [-0.25, -0.2) is 0 Å². The number of hydrogen-bond acceptors (Lipinski definition) is 7. The van der Waals surface area contributed by atoms with Gasteiger partial charge in [-0.05, 0) is 19.9 Å². The smallest absolute Gasteiger partial charge is 0.234 e. The first kappa shape index (κ1) is 17.5. The number of aliphatic hydroxyl groups excluding tert-OH is 3. The summed E-state index contributed by atoms with van der Waals surface area (Å²) in [7, 11) is 1.66. The topological polar surface area (TPSA) is 147 Å². The predicted molar refractivity (Wildman–Crippen MR) is 74.1 cm³/mol. The zero-order valence-corrected chi connectivity index (χ0v) is 12.1. The quantitative estimate of drug-likeness (QED) is 0.315. The Labute approximate surface area is 122 Å². The summed E-state index contributed by atoms with van der Waals surface area (Å²) in [6.07, 6.45) is 2.66. The summed E-state index contributed by atoms with van der Waals surface area (Å²) >= 11 is 0. The number of hydrogen-bond donors (Lipinski definition) is 5. The molecule has 1 rings (SSSR count). The first-order valence-corrected chi connectivity index (χ1v) is 6.68. The van der Waals surface area contributed by atoms with Crippen molar-refractivity contribution in [3.05, 3.63) is 11.9 Å². The van der Waals surface area contributed by atoms with Crippen LogP contribution in [0.5, 0.6) is 0 Å². The van der Waals surface area contributed by atoms with E-state index in [1.54, 1.807) is 13.2 Å². The number of primary amides is 1. The molecule has 1 aromatic rings. The van der Waals surface area contributed by atoms with E-state index in [1.807, 2.05) is 0 Å². The van der Waals surface area contributed by atoms with Crippen LogP contribution in [0.1, 0.15) is 12.1 Å². The van der Waals surface area contributed by atoms with Crippen molar-refractivity contribution in [3.8, 4) is 0 Å². The Morgan fingerprint density at radius 2 is 2.05 bits per heavy atom. The van der Waals surface area contributed by atoms with Gasteiger partial charge in [0.1, 0.15) is 0 Å². The minimum atomic E-state index is -1.04. The lowest BCUT2D eigenvalue weighted by molar-refractivity contribution is -0.120. The van der Waals surface area contributed by atoms with E-state index >= 15 is 0 Å². The van der Waals surface area contributed by atoms with Gasteiger partial charge in [-0.2, -0.15) is 0 Å². The molecular weight excluding hydrogens is 278 g/mol. The van der Waals surface area contributed by atoms with Gasteiger partial charge in [0.2, 0.25) is 5.91 Å². The fraction of sp³-hybridized carbons (Fsp3) is 0.750. The van der Waals surface area contributed by atoms with Crippen molar-refractivity contribution in [2.45, 2.75) is 25.4 Å². The monoisotopic (exact) mass is 301 g/mol. The first-order chi connectivity index (χ1) is 10.00. The molecule has 0 saturated carbocycles. The number of nitrogens with one attached hydrogen (secondary N) is 1. The summed E-state index contributed by atoms with van der Waals surface area (Å²) in [5, 5.41) is 38.5. The summed E-state index contributed by atoms with van der Waals surface area (Å²) in [5.74, 6) is -0.426. The molecule has 0 radical (unpaired) electrons. The molecule has 0 aliphatic carbocycles. The fourth-order valence-electron chi connectivity index (χ4n) is 1.90. The van der Waals surface area contributed by atoms with Crippen molar-refractivity contribution in [2.75, 3.05) is 26.9 Å². The molecule has 21 heavy (non-hydrogen) atoms. The van der Waals surface area contributed by atoms with Crippen molar-refractivity contribution in [1.29, 1.82) is 0 Å². The summed E-state index contributed by atoms with van der Waals surface area (Å²) in [5.41, 5.74) is 4.86. The average Bonchev–Trinajstić information content (AvgIpc) is 2.92. The molecule has 6 N–H and O–H groups in total. The predicted octanol–water partition coefficient (Wildman–Crippen LogP) is -2.75. The number of rotatable bonds is 10. The van der Waals surface area contributed by atoms with Gasteiger partial charge in [-0.1, -0.05) is 5.21 Å². The molecule has 0 spiro atoms. The second-order valence-corrected chi connectivity index (χ2v) is 5.16. The fourth-order valence-corrected chi connectivity index (χ4v) is 1.90. The van der Waals surface area contributed by atoms with Crippen molar-refractivity contribution < 1.29 is 20.1 Å².